The zero-order valence-corrected chi connectivity index (χ0v) is 15.4. The van der Waals surface area contributed by atoms with E-state index in [0.29, 0.717) is 11.8 Å². The van der Waals surface area contributed by atoms with Crippen LogP contribution >= 0.6 is 0 Å². The van der Waals surface area contributed by atoms with E-state index in [1.165, 1.54) is 32.1 Å². The first-order valence-electron chi connectivity index (χ1n) is 9.76. The maximum Gasteiger partial charge on any atom is 0.260 e. The molecular formula is C21H28O4. The molecule has 4 aliphatic carbocycles. The Kier molecular flexibility index (Phi) is 3.51. The highest BCUT2D eigenvalue weighted by molar-refractivity contribution is 5.36. The van der Waals surface area contributed by atoms with Crippen molar-refractivity contribution in [2.75, 3.05) is 7.11 Å². The van der Waals surface area contributed by atoms with E-state index in [-0.39, 0.29) is 11.7 Å². The summed E-state index contributed by atoms with van der Waals surface area (Å²) in [6.07, 6.45) is 6.57. The van der Waals surface area contributed by atoms with Crippen LogP contribution in [0.5, 0.6) is 5.75 Å². The van der Waals surface area contributed by atoms with Crippen LogP contribution in [0.2, 0.25) is 0 Å². The van der Waals surface area contributed by atoms with E-state index in [1.807, 2.05) is 26.0 Å². The van der Waals surface area contributed by atoms with E-state index in [4.69, 9.17) is 19.2 Å². The van der Waals surface area contributed by atoms with Crippen LogP contribution in [-0.4, -0.2) is 18.8 Å². The molecule has 0 aromatic heterocycles. The second-order valence-electron chi connectivity index (χ2n) is 8.78. The van der Waals surface area contributed by atoms with Crippen LogP contribution in [0.3, 0.4) is 0 Å². The molecule has 25 heavy (non-hydrogen) atoms. The SMILES string of the molecule is COC1(c2cccc(OC(C)C)c2)OOC12C1CC3CC(C1)CC2C3. The van der Waals surface area contributed by atoms with Gasteiger partial charge in [0.2, 0.25) is 0 Å². The largest absolute Gasteiger partial charge is 0.491 e. The molecule has 0 N–H and O–H groups in total. The van der Waals surface area contributed by atoms with Crippen LogP contribution < -0.4 is 4.74 Å². The Morgan fingerprint density at radius 2 is 1.68 bits per heavy atom. The molecule has 4 nitrogen and oxygen atoms in total. The Morgan fingerprint density at radius 3 is 2.20 bits per heavy atom. The monoisotopic (exact) mass is 344 g/mol. The van der Waals surface area contributed by atoms with Gasteiger partial charge in [-0.3, -0.25) is 0 Å². The first-order chi connectivity index (χ1) is 12.1. The Morgan fingerprint density at radius 1 is 1.00 bits per heavy atom. The van der Waals surface area contributed by atoms with Gasteiger partial charge in [0.25, 0.3) is 5.79 Å². The minimum absolute atomic E-state index is 0.141. The summed E-state index contributed by atoms with van der Waals surface area (Å²) in [5.74, 6) is 2.88. The number of benzene rings is 1. The number of hydrogen-bond acceptors (Lipinski definition) is 4. The van der Waals surface area contributed by atoms with Crippen molar-refractivity contribution >= 4 is 0 Å². The Balaban J connectivity index is 1.55. The molecule has 0 radical (unpaired) electrons. The summed E-state index contributed by atoms with van der Waals surface area (Å²) in [5.41, 5.74) is 0.692. The van der Waals surface area contributed by atoms with E-state index < -0.39 is 5.79 Å². The maximum atomic E-state index is 6.10. The molecular weight excluding hydrogens is 316 g/mol. The fourth-order valence-corrected chi connectivity index (χ4v) is 6.40. The molecule has 1 spiro atoms. The molecule has 1 aliphatic heterocycles. The van der Waals surface area contributed by atoms with Crippen molar-refractivity contribution in [3.8, 4) is 5.75 Å². The maximum absolute atomic E-state index is 6.10. The second-order valence-corrected chi connectivity index (χ2v) is 8.78. The number of methoxy groups -OCH3 is 1. The highest BCUT2D eigenvalue weighted by Gasteiger charge is 2.76. The van der Waals surface area contributed by atoms with Gasteiger partial charge in [-0.2, -0.15) is 4.89 Å². The lowest BCUT2D eigenvalue weighted by molar-refractivity contribution is -0.645. The molecule has 0 amide bonds. The molecule has 1 aromatic carbocycles. The highest BCUT2D eigenvalue weighted by Crippen LogP contribution is 2.69. The number of ether oxygens (including phenoxy) is 2. The Labute approximate surface area is 149 Å². The molecule has 6 rings (SSSR count). The third-order valence-electron chi connectivity index (χ3n) is 7.04. The third kappa shape index (κ3) is 2.05. The van der Waals surface area contributed by atoms with Gasteiger partial charge >= 0.3 is 0 Å². The summed E-state index contributed by atoms with van der Waals surface area (Å²) in [6.45, 7) is 4.09. The summed E-state index contributed by atoms with van der Waals surface area (Å²) in [5, 5.41) is 0. The van der Waals surface area contributed by atoms with Gasteiger partial charge in [0.15, 0.2) is 5.60 Å². The van der Waals surface area contributed by atoms with Crippen molar-refractivity contribution in [3.05, 3.63) is 29.8 Å². The lowest BCUT2D eigenvalue weighted by Gasteiger charge is -2.68. The lowest BCUT2D eigenvalue weighted by Crippen LogP contribution is -2.76. The molecule has 1 atom stereocenters. The van der Waals surface area contributed by atoms with Gasteiger partial charge in [-0.25, -0.2) is 4.89 Å². The third-order valence-corrected chi connectivity index (χ3v) is 7.04. The summed E-state index contributed by atoms with van der Waals surface area (Å²) in [4.78, 5) is 11.8. The molecule has 1 unspecified atom stereocenters. The van der Waals surface area contributed by atoms with E-state index in [1.54, 1.807) is 7.11 Å². The van der Waals surface area contributed by atoms with Crippen LogP contribution in [0, 0.1) is 23.7 Å². The molecule has 1 heterocycles. The van der Waals surface area contributed by atoms with Crippen molar-refractivity contribution in [1.82, 2.24) is 0 Å². The van der Waals surface area contributed by atoms with Crippen LogP contribution in [0.4, 0.5) is 0 Å². The van der Waals surface area contributed by atoms with E-state index in [9.17, 15) is 0 Å². The van der Waals surface area contributed by atoms with E-state index in [0.717, 1.165) is 23.1 Å². The van der Waals surface area contributed by atoms with Gasteiger partial charge in [-0.15, -0.1) is 0 Å². The van der Waals surface area contributed by atoms with E-state index >= 15 is 0 Å². The standard InChI is InChI=1S/C21H28O4/c1-13(2)23-19-6-4-5-16(12-19)21(22-3)20(24-25-21)17-8-14-7-15(10-17)11-18(20)9-14/h4-6,12-15,17-18H,7-11H2,1-3H3. The number of rotatable bonds is 4. The summed E-state index contributed by atoms with van der Waals surface area (Å²) >= 11 is 0. The Bertz CT molecular complexity index is 638. The minimum atomic E-state index is -0.800. The fraction of sp³-hybridized carbons (Fsp3) is 0.714. The second kappa shape index (κ2) is 5.45. The first kappa shape index (κ1) is 16.1. The molecule has 1 saturated heterocycles. The molecule has 1 aromatic rings. The van der Waals surface area contributed by atoms with Gasteiger partial charge in [0.05, 0.1) is 6.10 Å². The molecule has 5 aliphatic rings. The van der Waals surface area contributed by atoms with Crippen LogP contribution in [-0.2, 0) is 20.3 Å². The smallest absolute Gasteiger partial charge is 0.260 e. The minimum Gasteiger partial charge on any atom is -0.491 e. The summed E-state index contributed by atoms with van der Waals surface area (Å²) in [6, 6.07) is 8.18. The Hall–Kier alpha value is -1.10. The van der Waals surface area contributed by atoms with Crippen molar-refractivity contribution < 1.29 is 19.2 Å². The zero-order valence-electron chi connectivity index (χ0n) is 15.4. The average molecular weight is 344 g/mol. The topological polar surface area (TPSA) is 36.9 Å². The average Bonchev–Trinajstić information content (AvgIpc) is 2.54. The molecule has 136 valence electrons. The molecule has 4 heteroatoms. The normalized spacial score (nSPS) is 44.3. The highest BCUT2D eigenvalue weighted by atomic mass is 17.3. The zero-order chi connectivity index (χ0) is 17.2. The summed E-state index contributed by atoms with van der Waals surface area (Å²) < 4.78 is 12.0. The number of hydrogen-bond donors (Lipinski definition) is 0. The van der Waals surface area contributed by atoms with Gasteiger partial charge < -0.3 is 9.47 Å². The van der Waals surface area contributed by atoms with Gasteiger partial charge in [-0.1, -0.05) is 12.1 Å². The van der Waals surface area contributed by atoms with Gasteiger partial charge in [0, 0.05) is 12.7 Å². The van der Waals surface area contributed by atoms with Gasteiger partial charge in [0.1, 0.15) is 5.75 Å². The van der Waals surface area contributed by atoms with Crippen LogP contribution in [0.1, 0.15) is 51.5 Å². The predicted octanol–water partition coefficient (Wildman–Crippen LogP) is 4.43. The molecule has 4 bridgehead atoms. The van der Waals surface area contributed by atoms with E-state index in [2.05, 4.69) is 12.1 Å². The van der Waals surface area contributed by atoms with Crippen LogP contribution in [0.15, 0.2) is 24.3 Å². The molecule has 5 fully saturated rings. The first-order valence-corrected chi connectivity index (χ1v) is 9.76. The quantitative estimate of drug-likeness (QED) is 0.757. The van der Waals surface area contributed by atoms with Crippen molar-refractivity contribution in [2.24, 2.45) is 23.7 Å². The van der Waals surface area contributed by atoms with Crippen molar-refractivity contribution in [2.45, 2.75) is 63.4 Å². The lowest BCUT2D eigenvalue weighted by atomic mass is 9.47. The summed E-state index contributed by atoms with van der Waals surface area (Å²) in [7, 11) is 1.76. The predicted molar refractivity (Wildman–Crippen MR) is 92.8 cm³/mol. The van der Waals surface area contributed by atoms with Gasteiger partial charge in [-0.05, 0) is 81.8 Å². The van der Waals surface area contributed by atoms with Crippen molar-refractivity contribution in [3.63, 3.8) is 0 Å². The van der Waals surface area contributed by atoms with Crippen LogP contribution in [0.25, 0.3) is 0 Å². The fourth-order valence-electron chi connectivity index (χ4n) is 6.40. The molecule has 4 saturated carbocycles. The van der Waals surface area contributed by atoms with Crippen molar-refractivity contribution in [1.29, 1.82) is 0 Å².